The number of aromatic nitrogens is 1. The van der Waals surface area contributed by atoms with Gasteiger partial charge in [-0.05, 0) is 18.6 Å². The fourth-order valence-corrected chi connectivity index (χ4v) is 1.11. The van der Waals surface area contributed by atoms with Crippen LogP contribution in [0.25, 0.3) is 0 Å². The third-order valence-electron chi connectivity index (χ3n) is 1.95. The zero-order chi connectivity index (χ0) is 12.0. The second-order valence-electron chi connectivity index (χ2n) is 3.17. The van der Waals surface area contributed by atoms with E-state index in [0.29, 0.717) is 6.54 Å². The molecule has 88 valence electrons. The summed E-state index contributed by atoms with van der Waals surface area (Å²) in [6.07, 6.45) is 3.49. The molecule has 0 spiro atoms. The Morgan fingerprint density at radius 2 is 2.38 bits per heavy atom. The first-order valence-corrected chi connectivity index (χ1v) is 4.96. The van der Waals surface area contributed by atoms with Gasteiger partial charge in [0.1, 0.15) is 0 Å². The lowest BCUT2D eigenvalue weighted by atomic mass is 10.2. The monoisotopic (exact) mass is 225 g/mol. The molecule has 4 N–H and O–H groups in total. The Morgan fingerprint density at radius 3 is 2.94 bits per heavy atom. The lowest BCUT2D eigenvalue weighted by Gasteiger charge is -2.10. The Hall–Kier alpha value is -1.82. The molecule has 0 aromatic carbocycles. The molecule has 1 unspecified atom stereocenters. The number of carbonyl (C=O) groups is 2. The fraction of sp³-hybridized carbons (Fsp3) is 0.400. The van der Waals surface area contributed by atoms with Crippen molar-refractivity contribution in [1.82, 2.24) is 10.3 Å². The number of aromatic amines is 1. The third-order valence-corrected chi connectivity index (χ3v) is 1.95. The summed E-state index contributed by atoms with van der Waals surface area (Å²) >= 11 is 0. The molecule has 1 atom stereocenters. The normalized spacial score (nSPS) is 11.9. The maximum Gasteiger partial charge on any atom is 0.332 e. The highest BCUT2D eigenvalue weighted by atomic mass is 16.5. The maximum atomic E-state index is 11.4. The summed E-state index contributed by atoms with van der Waals surface area (Å²) in [4.78, 5) is 25.4. The predicted molar refractivity (Wildman–Crippen MR) is 57.2 cm³/mol. The van der Waals surface area contributed by atoms with Gasteiger partial charge >= 0.3 is 5.97 Å². The highest BCUT2D eigenvalue weighted by Gasteiger charge is 2.22. The van der Waals surface area contributed by atoms with Crippen LogP contribution in [0.4, 0.5) is 0 Å². The SMILES string of the molecule is CCOC(=O)C(N)C(=O)NCc1cc[nH]c1. The van der Waals surface area contributed by atoms with Gasteiger partial charge in [0.15, 0.2) is 6.04 Å². The van der Waals surface area contributed by atoms with Gasteiger partial charge in [0.25, 0.3) is 0 Å². The number of carbonyl (C=O) groups excluding carboxylic acids is 2. The number of nitrogens with two attached hydrogens (primary N) is 1. The van der Waals surface area contributed by atoms with E-state index in [1.165, 1.54) is 0 Å². The number of hydrogen-bond donors (Lipinski definition) is 3. The number of amides is 1. The zero-order valence-corrected chi connectivity index (χ0v) is 9.03. The first-order valence-electron chi connectivity index (χ1n) is 4.96. The molecule has 1 heterocycles. The van der Waals surface area contributed by atoms with E-state index >= 15 is 0 Å². The first kappa shape index (κ1) is 12.3. The van der Waals surface area contributed by atoms with Crippen LogP contribution in [-0.2, 0) is 20.9 Å². The van der Waals surface area contributed by atoms with Gasteiger partial charge < -0.3 is 20.8 Å². The third kappa shape index (κ3) is 3.39. The van der Waals surface area contributed by atoms with Gasteiger partial charge in [-0.15, -0.1) is 0 Å². The van der Waals surface area contributed by atoms with Crippen molar-refractivity contribution in [2.24, 2.45) is 5.73 Å². The summed E-state index contributed by atoms with van der Waals surface area (Å²) in [7, 11) is 0. The van der Waals surface area contributed by atoms with Crippen LogP contribution in [0.3, 0.4) is 0 Å². The molecule has 0 saturated carbocycles. The number of H-pyrrole nitrogens is 1. The molecule has 0 aliphatic rings. The van der Waals surface area contributed by atoms with Crippen LogP contribution in [0.1, 0.15) is 12.5 Å². The summed E-state index contributed by atoms with van der Waals surface area (Å²) in [6.45, 7) is 2.19. The van der Waals surface area contributed by atoms with Crippen LogP contribution in [0.2, 0.25) is 0 Å². The van der Waals surface area contributed by atoms with Gasteiger partial charge in [-0.3, -0.25) is 4.79 Å². The molecular weight excluding hydrogens is 210 g/mol. The topological polar surface area (TPSA) is 97.2 Å². The van der Waals surface area contributed by atoms with Crippen molar-refractivity contribution in [2.75, 3.05) is 6.61 Å². The van der Waals surface area contributed by atoms with E-state index < -0.39 is 17.9 Å². The average molecular weight is 225 g/mol. The molecule has 0 aliphatic heterocycles. The van der Waals surface area contributed by atoms with Crippen molar-refractivity contribution in [1.29, 1.82) is 0 Å². The van der Waals surface area contributed by atoms with Crippen molar-refractivity contribution >= 4 is 11.9 Å². The van der Waals surface area contributed by atoms with E-state index in [9.17, 15) is 9.59 Å². The largest absolute Gasteiger partial charge is 0.464 e. The molecule has 6 nitrogen and oxygen atoms in total. The second-order valence-corrected chi connectivity index (χ2v) is 3.17. The molecule has 1 amide bonds. The van der Waals surface area contributed by atoms with E-state index in [4.69, 9.17) is 5.73 Å². The van der Waals surface area contributed by atoms with E-state index in [1.54, 1.807) is 19.3 Å². The van der Waals surface area contributed by atoms with Gasteiger partial charge in [0.05, 0.1) is 6.61 Å². The molecule has 0 radical (unpaired) electrons. The molecule has 0 bridgehead atoms. The highest BCUT2D eigenvalue weighted by molar-refractivity contribution is 6.01. The van der Waals surface area contributed by atoms with Crippen LogP contribution in [0.15, 0.2) is 18.5 Å². The minimum absolute atomic E-state index is 0.206. The average Bonchev–Trinajstić information content (AvgIpc) is 2.78. The van der Waals surface area contributed by atoms with Crippen molar-refractivity contribution in [3.63, 3.8) is 0 Å². The van der Waals surface area contributed by atoms with Crippen molar-refractivity contribution < 1.29 is 14.3 Å². The number of rotatable bonds is 5. The Kier molecular flexibility index (Phi) is 4.53. The number of esters is 1. The minimum atomic E-state index is -1.26. The summed E-state index contributed by atoms with van der Waals surface area (Å²) in [6, 6.07) is 0.551. The molecule has 1 rings (SSSR count). The molecule has 0 fully saturated rings. The van der Waals surface area contributed by atoms with Crippen LogP contribution in [0.5, 0.6) is 0 Å². The van der Waals surface area contributed by atoms with Crippen LogP contribution < -0.4 is 11.1 Å². The molecule has 16 heavy (non-hydrogen) atoms. The van der Waals surface area contributed by atoms with Crippen molar-refractivity contribution in [3.8, 4) is 0 Å². The van der Waals surface area contributed by atoms with Crippen LogP contribution in [-0.4, -0.2) is 29.5 Å². The molecule has 0 aliphatic carbocycles. The summed E-state index contributed by atoms with van der Waals surface area (Å²) < 4.78 is 4.63. The Labute approximate surface area is 93.2 Å². The number of ether oxygens (including phenoxy) is 1. The molecule has 1 aromatic heterocycles. The molecule has 1 aromatic rings. The maximum absolute atomic E-state index is 11.4. The van der Waals surface area contributed by atoms with E-state index in [-0.39, 0.29) is 6.61 Å². The molecule has 6 heteroatoms. The van der Waals surface area contributed by atoms with Crippen LogP contribution >= 0.6 is 0 Å². The van der Waals surface area contributed by atoms with Gasteiger partial charge in [0.2, 0.25) is 5.91 Å². The van der Waals surface area contributed by atoms with E-state index in [0.717, 1.165) is 5.56 Å². The second kappa shape index (κ2) is 5.92. The molecule has 0 saturated heterocycles. The zero-order valence-electron chi connectivity index (χ0n) is 9.03. The summed E-state index contributed by atoms with van der Waals surface area (Å²) in [5.41, 5.74) is 6.30. The Bertz CT molecular complexity index is 348. The van der Waals surface area contributed by atoms with Gasteiger partial charge in [-0.2, -0.15) is 0 Å². The minimum Gasteiger partial charge on any atom is -0.464 e. The highest BCUT2D eigenvalue weighted by Crippen LogP contribution is 1.95. The molecular formula is C10H15N3O3. The van der Waals surface area contributed by atoms with Crippen LogP contribution in [0, 0.1) is 0 Å². The lowest BCUT2D eigenvalue weighted by molar-refractivity contribution is -0.148. The fourth-order valence-electron chi connectivity index (χ4n) is 1.11. The van der Waals surface area contributed by atoms with Gasteiger partial charge in [-0.25, -0.2) is 4.79 Å². The standard InChI is InChI=1S/C10H15N3O3/c1-2-16-10(15)8(11)9(14)13-6-7-3-4-12-5-7/h3-5,8,12H,2,6,11H2,1H3,(H,13,14). The quantitative estimate of drug-likeness (QED) is 0.465. The number of hydrogen-bond acceptors (Lipinski definition) is 4. The smallest absolute Gasteiger partial charge is 0.332 e. The Morgan fingerprint density at radius 1 is 1.62 bits per heavy atom. The lowest BCUT2D eigenvalue weighted by Crippen LogP contribution is -2.46. The van der Waals surface area contributed by atoms with E-state index in [2.05, 4.69) is 15.0 Å². The van der Waals surface area contributed by atoms with E-state index in [1.807, 2.05) is 6.07 Å². The summed E-state index contributed by atoms with van der Waals surface area (Å²) in [5.74, 6) is -1.26. The summed E-state index contributed by atoms with van der Waals surface area (Å²) in [5, 5.41) is 2.54. The Balaban J connectivity index is 2.37. The first-order chi connectivity index (χ1) is 7.65. The van der Waals surface area contributed by atoms with Crippen molar-refractivity contribution in [2.45, 2.75) is 19.5 Å². The number of nitrogens with one attached hydrogen (secondary N) is 2. The van der Waals surface area contributed by atoms with Gasteiger partial charge in [0, 0.05) is 18.9 Å². The predicted octanol–water partition coefficient (Wildman–Crippen LogP) is -0.479. The van der Waals surface area contributed by atoms with Crippen molar-refractivity contribution in [3.05, 3.63) is 24.0 Å². The van der Waals surface area contributed by atoms with Gasteiger partial charge in [-0.1, -0.05) is 0 Å².